The van der Waals surface area contributed by atoms with Crippen LogP contribution in [0.2, 0.25) is 0 Å². The Hall–Kier alpha value is -2.94. The van der Waals surface area contributed by atoms with Crippen LogP contribution < -0.4 is 10.1 Å². The van der Waals surface area contributed by atoms with Crippen molar-refractivity contribution in [2.24, 2.45) is 17.3 Å². The van der Waals surface area contributed by atoms with E-state index in [1.165, 1.54) is 42.5 Å². The number of nitrogens with zero attached hydrogens (tertiary/aromatic N) is 1. The van der Waals surface area contributed by atoms with Crippen LogP contribution in [-0.2, 0) is 32.7 Å². The summed E-state index contributed by atoms with van der Waals surface area (Å²) in [4.78, 5) is 25.9. The van der Waals surface area contributed by atoms with E-state index in [1.807, 2.05) is 19.2 Å². The third-order valence-corrected chi connectivity index (χ3v) is 12.2. The van der Waals surface area contributed by atoms with E-state index in [1.54, 1.807) is 12.1 Å². The Morgan fingerprint density at radius 3 is 2.67 bits per heavy atom. The number of ether oxygens (including phenoxy) is 3. The molecule has 6 atom stereocenters. The van der Waals surface area contributed by atoms with Gasteiger partial charge in [0.1, 0.15) is 24.0 Å². The van der Waals surface area contributed by atoms with Gasteiger partial charge in [0.2, 0.25) is 0 Å². The highest BCUT2D eigenvalue weighted by molar-refractivity contribution is 5.95. The van der Waals surface area contributed by atoms with Crippen LogP contribution in [0.15, 0.2) is 36.4 Å². The molecule has 43 heavy (non-hydrogen) atoms. The standard InChI is InChI=1S/C35H42N2O6/c1-21-3-8-25-15-27-33-11-12-35(41-2,32-34(33,29(25)30(21)43-32)13-14-37(27)18-22-4-5-22)26(16-33)20-42-19-23-6-9-24(10-7-23)31(40)36-17-28(38)39/h3,6-10,22,26-27,32H,4-5,11-20H2,1-2H3,(H,36,40)(H,38,39)/t26-,27-,32-,33?,34+,35?/m1/s1. The molecule has 228 valence electrons. The molecule has 1 saturated heterocycles. The minimum atomic E-state index is -1.07. The van der Waals surface area contributed by atoms with E-state index in [9.17, 15) is 9.59 Å². The Balaban J connectivity index is 1.07. The lowest BCUT2D eigenvalue weighted by Crippen LogP contribution is -2.81. The monoisotopic (exact) mass is 586 g/mol. The summed E-state index contributed by atoms with van der Waals surface area (Å²) in [5.41, 5.74) is 5.46. The minimum absolute atomic E-state index is 0.00502. The number of aryl methyl sites for hydroxylation is 1. The van der Waals surface area contributed by atoms with Crippen molar-refractivity contribution in [2.45, 2.75) is 81.6 Å². The summed E-state index contributed by atoms with van der Waals surface area (Å²) in [5, 5.41) is 11.2. The minimum Gasteiger partial charge on any atom is -0.486 e. The molecule has 2 N–H and O–H groups in total. The zero-order valence-corrected chi connectivity index (χ0v) is 25.2. The molecule has 8 nitrogen and oxygen atoms in total. The summed E-state index contributed by atoms with van der Waals surface area (Å²) >= 11 is 0. The number of hydrogen-bond acceptors (Lipinski definition) is 6. The number of hydrogen-bond donors (Lipinski definition) is 2. The number of amides is 1. The van der Waals surface area contributed by atoms with Gasteiger partial charge < -0.3 is 24.6 Å². The maximum Gasteiger partial charge on any atom is 0.322 e. The largest absolute Gasteiger partial charge is 0.486 e. The van der Waals surface area contributed by atoms with Gasteiger partial charge in [-0.05, 0) is 93.2 Å². The predicted molar refractivity (Wildman–Crippen MR) is 159 cm³/mol. The van der Waals surface area contributed by atoms with Crippen LogP contribution in [0.5, 0.6) is 5.75 Å². The number of carbonyl (C=O) groups is 2. The number of piperidine rings is 1. The van der Waals surface area contributed by atoms with Gasteiger partial charge in [0, 0.05) is 47.6 Å². The second kappa shape index (κ2) is 9.78. The Morgan fingerprint density at radius 2 is 1.93 bits per heavy atom. The number of aliphatic carboxylic acids is 1. The highest BCUT2D eigenvalue weighted by atomic mass is 16.6. The molecule has 0 aromatic heterocycles. The molecule has 4 saturated carbocycles. The van der Waals surface area contributed by atoms with E-state index in [0.29, 0.717) is 24.8 Å². The van der Waals surface area contributed by atoms with Gasteiger partial charge in [-0.25, -0.2) is 0 Å². The van der Waals surface area contributed by atoms with Gasteiger partial charge in [-0.15, -0.1) is 0 Å². The SMILES string of the molecule is COC12CCC3(C[C@@H]1COCc1ccc(C(=O)NCC(=O)O)cc1)[C@H]1Cc4ccc(C)c5c4[C@@]3(CCN1CC1CC1)[C@H]2O5. The number of carboxylic acid groups (broad SMARTS) is 1. The molecule has 4 bridgehead atoms. The molecule has 5 aliphatic carbocycles. The van der Waals surface area contributed by atoms with Crippen molar-refractivity contribution in [1.82, 2.24) is 10.2 Å². The molecule has 1 amide bonds. The first-order valence-corrected chi connectivity index (χ1v) is 16.1. The third-order valence-electron chi connectivity index (χ3n) is 12.2. The van der Waals surface area contributed by atoms with Gasteiger partial charge in [-0.1, -0.05) is 24.3 Å². The number of methoxy groups -OCH3 is 1. The summed E-state index contributed by atoms with van der Waals surface area (Å²) in [6.45, 7) is 5.24. The van der Waals surface area contributed by atoms with E-state index < -0.39 is 24.0 Å². The van der Waals surface area contributed by atoms with Gasteiger partial charge >= 0.3 is 5.97 Å². The van der Waals surface area contributed by atoms with Gasteiger partial charge in [0.25, 0.3) is 5.91 Å². The molecule has 2 aliphatic heterocycles. The highest BCUT2D eigenvalue weighted by Crippen LogP contribution is 2.76. The number of benzene rings is 2. The van der Waals surface area contributed by atoms with Crippen molar-refractivity contribution in [2.75, 3.05) is 33.4 Å². The second-order valence-electron chi connectivity index (χ2n) is 14.1. The lowest BCUT2D eigenvalue weighted by Gasteiger charge is -2.74. The van der Waals surface area contributed by atoms with E-state index >= 15 is 0 Å². The summed E-state index contributed by atoms with van der Waals surface area (Å²) < 4.78 is 20.3. The molecule has 2 heterocycles. The first-order chi connectivity index (χ1) is 20.8. The second-order valence-corrected chi connectivity index (χ2v) is 14.1. The van der Waals surface area contributed by atoms with Crippen LogP contribution in [0, 0.1) is 24.2 Å². The Kier molecular flexibility index (Phi) is 6.28. The number of likely N-dealkylation sites (tertiary alicyclic amines) is 1. The normalized spacial score (nSPS) is 34.9. The zero-order chi connectivity index (χ0) is 29.6. The van der Waals surface area contributed by atoms with Gasteiger partial charge in [0.05, 0.1) is 13.2 Å². The first-order valence-electron chi connectivity index (χ1n) is 16.1. The van der Waals surface area contributed by atoms with Gasteiger partial charge in [-0.3, -0.25) is 14.5 Å². The molecule has 2 aromatic rings. The first kappa shape index (κ1) is 27.6. The summed E-state index contributed by atoms with van der Waals surface area (Å²) in [7, 11) is 1.89. The molecule has 2 unspecified atom stereocenters. The lowest BCUT2D eigenvalue weighted by molar-refractivity contribution is -0.283. The zero-order valence-electron chi connectivity index (χ0n) is 25.2. The van der Waals surface area contributed by atoms with E-state index in [4.69, 9.17) is 19.3 Å². The average Bonchev–Trinajstić information content (AvgIpc) is 3.75. The maximum atomic E-state index is 12.2. The van der Waals surface area contributed by atoms with Crippen molar-refractivity contribution < 1.29 is 28.9 Å². The van der Waals surface area contributed by atoms with E-state index in [0.717, 1.165) is 49.5 Å². The number of carbonyl (C=O) groups excluding carboxylic acids is 1. The third kappa shape index (κ3) is 3.85. The molecule has 9 rings (SSSR count). The molecule has 7 aliphatic rings. The highest BCUT2D eigenvalue weighted by Gasteiger charge is 2.80. The molecule has 2 spiro atoms. The van der Waals surface area contributed by atoms with E-state index in [-0.39, 0.29) is 22.9 Å². The van der Waals surface area contributed by atoms with Crippen LogP contribution in [-0.4, -0.2) is 73.0 Å². The average molecular weight is 587 g/mol. The van der Waals surface area contributed by atoms with Crippen molar-refractivity contribution in [3.05, 3.63) is 64.2 Å². The van der Waals surface area contributed by atoms with Crippen LogP contribution in [0.4, 0.5) is 0 Å². The molecular formula is C35H42N2O6. The molecule has 0 radical (unpaired) electrons. The molecular weight excluding hydrogens is 544 g/mol. The fourth-order valence-electron chi connectivity index (χ4n) is 10.2. The maximum absolute atomic E-state index is 12.2. The van der Waals surface area contributed by atoms with Gasteiger partial charge in [0.15, 0.2) is 0 Å². The summed E-state index contributed by atoms with van der Waals surface area (Å²) in [5.74, 6) is 0.774. The number of fused-ring (bicyclic) bond motifs is 2. The Bertz CT molecular complexity index is 1470. The smallest absolute Gasteiger partial charge is 0.322 e. The summed E-state index contributed by atoms with van der Waals surface area (Å²) in [6, 6.07) is 12.4. The van der Waals surface area contributed by atoms with Crippen LogP contribution in [0.25, 0.3) is 0 Å². The van der Waals surface area contributed by atoms with E-state index in [2.05, 4.69) is 29.3 Å². The molecule has 5 fully saturated rings. The number of carboxylic acids is 1. The van der Waals surface area contributed by atoms with Crippen molar-refractivity contribution in [3.63, 3.8) is 0 Å². The summed E-state index contributed by atoms with van der Waals surface area (Å²) in [6.07, 6.45) is 8.31. The fraction of sp³-hybridized carbons (Fsp3) is 0.600. The topological polar surface area (TPSA) is 97.3 Å². The Labute approximate surface area is 253 Å². The van der Waals surface area contributed by atoms with Crippen LogP contribution in [0.3, 0.4) is 0 Å². The van der Waals surface area contributed by atoms with Crippen molar-refractivity contribution >= 4 is 11.9 Å². The van der Waals surface area contributed by atoms with Crippen molar-refractivity contribution in [3.8, 4) is 5.75 Å². The number of nitrogens with one attached hydrogen (secondary N) is 1. The van der Waals surface area contributed by atoms with Crippen molar-refractivity contribution in [1.29, 1.82) is 0 Å². The van der Waals surface area contributed by atoms with Gasteiger partial charge in [-0.2, -0.15) is 0 Å². The lowest BCUT2D eigenvalue weighted by atomic mass is 9.35. The van der Waals surface area contributed by atoms with Crippen LogP contribution >= 0.6 is 0 Å². The fourth-order valence-corrected chi connectivity index (χ4v) is 10.2. The Morgan fingerprint density at radius 1 is 1.12 bits per heavy atom. The molecule has 2 aromatic carbocycles. The quantitative estimate of drug-likeness (QED) is 0.430. The predicted octanol–water partition coefficient (Wildman–Crippen LogP) is 4.25. The number of rotatable bonds is 10. The van der Waals surface area contributed by atoms with Crippen LogP contribution in [0.1, 0.15) is 71.1 Å². The molecule has 8 heteroatoms.